The smallest absolute Gasteiger partial charge is 0.256 e. The van der Waals surface area contributed by atoms with Crippen molar-refractivity contribution in [2.45, 2.75) is 31.4 Å². The Labute approximate surface area is 224 Å². The van der Waals surface area contributed by atoms with E-state index in [9.17, 15) is 8.78 Å². The van der Waals surface area contributed by atoms with E-state index in [0.29, 0.717) is 62.5 Å². The molecule has 0 unspecified atom stereocenters. The second-order valence-corrected chi connectivity index (χ2v) is 9.83. The van der Waals surface area contributed by atoms with Crippen molar-refractivity contribution in [2.75, 3.05) is 50.3 Å². The van der Waals surface area contributed by atoms with E-state index in [1.165, 1.54) is 6.20 Å². The maximum Gasteiger partial charge on any atom is 0.256 e. The lowest BCUT2D eigenvalue weighted by Crippen LogP contribution is -2.38. The molecule has 1 saturated heterocycles. The van der Waals surface area contributed by atoms with Crippen LogP contribution in [0, 0.1) is 0 Å². The Morgan fingerprint density at radius 1 is 0.923 bits per heavy atom. The van der Waals surface area contributed by atoms with Crippen molar-refractivity contribution in [3.63, 3.8) is 0 Å². The van der Waals surface area contributed by atoms with Gasteiger partial charge in [-0.05, 0) is 35.4 Å². The fraction of sp³-hybridized carbons (Fsp3) is 0.393. The Morgan fingerprint density at radius 3 is 2.00 bits per heavy atom. The van der Waals surface area contributed by atoms with Gasteiger partial charge < -0.3 is 24.0 Å². The van der Waals surface area contributed by atoms with Gasteiger partial charge in [-0.25, -0.2) is 8.78 Å². The van der Waals surface area contributed by atoms with Crippen LogP contribution in [0.1, 0.15) is 29.0 Å². The first kappa shape index (κ1) is 25.3. The van der Waals surface area contributed by atoms with Gasteiger partial charge in [0.15, 0.2) is 5.65 Å². The molecule has 9 nitrogen and oxygen atoms in total. The maximum atomic E-state index is 14.2. The van der Waals surface area contributed by atoms with E-state index >= 15 is 0 Å². The molecule has 2 aromatic heterocycles. The first-order valence-electron chi connectivity index (χ1n) is 12.9. The van der Waals surface area contributed by atoms with Crippen LogP contribution in [0.3, 0.4) is 0 Å². The number of nitrogens with zero attached hydrogens (tertiary/aromatic N) is 6. The van der Waals surface area contributed by atoms with Gasteiger partial charge >= 0.3 is 0 Å². The summed E-state index contributed by atoms with van der Waals surface area (Å²) in [5.41, 5.74) is 2.93. The first-order chi connectivity index (χ1) is 18.9. The Hall–Kier alpha value is -3.99. The summed E-state index contributed by atoms with van der Waals surface area (Å²) in [5.74, 6) is -1.07. The zero-order chi connectivity index (χ0) is 27.0. The summed E-state index contributed by atoms with van der Waals surface area (Å²) in [6, 6.07) is 15.7. The molecule has 0 bridgehead atoms. The number of halogens is 2. The molecule has 2 aliphatic rings. The van der Waals surface area contributed by atoms with Crippen LogP contribution in [-0.4, -0.2) is 66.0 Å². The highest BCUT2D eigenvalue weighted by Crippen LogP contribution is 2.56. The molecule has 1 aliphatic heterocycles. The minimum atomic E-state index is -2.74. The molecule has 0 radical (unpaired) electrons. The molecule has 204 valence electrons. The van der Waals surface area contributed by atoms with Crippen molar-refractivity contribution < 1.29 is 23.0 Å². The van der Waals surface area contributed by atoms with Crippen LogP contribution in [0.2, 0.25) is 0 Å². The van der Waals surface area contributed by atoms with Crippen molar-refractivity contribution >= 4 is 17.5 Å². The molecule has 0 amide bonds. The normalized spacial score (nSPS) is 18.3. The molecule has 0 spiro atoms. The number of rotatable bonds is 9. The quantitative estimate of drug-likeness (QED) is 0.313. The molecule has 1 aliphatic carbocycles. The first-order valence-corrected chi connectivity index (χ1v) is 12.9. The summed E-state index contributed by atoms with van der Waals surface area (Å²) >= 11 is 0. The number of morpholine rings is 1. The average Bonchev–Trinajstić information content (AvgIpc) is 3.40. The lowest BCUT2D eigenvalue weighted by atomic mass is 10.1. The van der Waals surface area contributed by atoms with Crippen molar-refractivity contribution in [1.82, 2.24) is 19.6 Å². The average molecular weight is 537 g/mol. The zero-order valence-corrected chi connectivity index (χ0v) is 21.9. The number of methoxy groups -OCH3 is 2. The highest BCUT2D eigenvalue weighted by Gasteiger charge is 2.59. The lowest BCUT2D eigenvalue weighted by Gasteiger charge is -2.29. The topological polar surface area (TPSA) is 77.2 Å². The van der Waals surface area contributed by atoms with E-state index in [4.69, 9.17) is 24.2 Å². The van der Waals surface area contributed by atoms with Gasteiger partial charge in [0, 0.05) is 38.2 Å². The molecule has 39 heavy (non-hydrogen) atoms. The van der Waals surface area contributed by atoms with Gasteiger partial charge in [-0.2, -0.15) is 19.6 Å². The number of hydrogen-bond donors (Lipinski definition) is 0. The lowest BCUT2D eigenvalue weighted by molar-refractivity contribution is 0.112. The minimum Gasteiger partial charge on any atom is -0.497 e. The van der Waals surface area contributed by atoms with E-state index in [0.717, 1.165) is 22.6 Å². The van der Waals surface area contributed by atoms with Gasteiger partial charge in [0.25, 0.3) is 5.92 Å². The van der Waals surface area contributed by atoms with Crippen LogP contribution in [0.5, 0.6) is 11.5 Å². The third-order valence-electron chi connectivity index (χ3n) is 7.21. The van der Waals surface area contributed by atoms with Crippen LogP contribution in [0.25, 0.3) is 5.65 Å². The van der Waals surface area contributed by atoms with Gasteiger partial charge in [-0.3, -0.25) is 0 Å². The van der Waals surface area contributed by atoms with E-state index in [2.05, 4.69) is 10.00 Å². The molecule has 6 rings (SSSR count). The van der Waals surface area contributed by atoms with Gasteiger partial charge in [-0.1, -0.05) is 24.3 Å². The summed E-state index contributed by atoms with van der Waals surface area (Å²) < 4.78 is 46.1. The Morgan fingerprint density at radius 2 is 1.49 bits per heavy atom. The highest BCUT2D eigenvalue weighted by molar-refractivity contribution is 5.59. The van der Waals surface area contributed by atoms with Crippen molar-refractivity contribution in [2.24, 2.45) is 0 Å². The van der Waals surface area contributed by atoms with Gasteiger partial charge in [0.1, 0.15) is 11.5 Å². The van der Waals surface area contributed by atoms with Crippen LogP contribution in [-0.2, 0) is 17.8 Å². The summed E-state index contributed by atoms with van der Waals surface area (Å²) in [6.07, 6.45) is 1.32. The predicted octanol–water partition coefficient (Wildman–Crippen LogP) is 4.31. The summed E-state index contributed by atoms with van der Waals surface area (Å²) in [7, 11) is 3.27. The van der Waals surface area contributed by atoms with E-state index in [1.807, 2.05) is 53.4 Å². The fourth-order valence-electron chi connectivity index (χ4n) is 4.88. The number of hydrogen-bond acceptors (Lipinski definition) is 8. The molecule has 2 fully saturated rings. The molecule has 1 saturated carbocycles. The molecule has 0 N–H and O–H groups in total. The third kappa shape index (κ3) is 5.18. The summed E-state index contributed by atoms with van der Waals surface area (Å²) in [4.78, 5) is 13.8. The largest absolute Gasteiger partial charge is 0.497 e. The summed E-state index contributed by atoms with van der Waals surface area (Å²) in [6.45, 7) is 3.35. The number of ether oxygens (including phenoxy) is 3. The van der Waals surface area contributed by atoms with Crippen LogP contribution in [0.4, 0.5) is 20.7 Å². The zero-order valence-electron chi connectivity index (χ0n) is 21.9. The van der Waals surface area contributed by atoms with Crippen molar-refractivity contribution in [1.29, 1.82) is 0 Å². The molecular weight excluding hydrogens is 506 g/mol. The number of fused-ring (bicyclic) bond motifs is 1. The molecule has 3 heterocycles. The maximum absolute atomic E-state index is 14.2. The van der Waals surface area contributed by atoms with E-state index in [-0.39, 0.29) is 6.42 Å². The number of aromatic nitrogens is 4. The minimum absolute atomic E-state index is 0.192. The van der Waals surface area contributed by atoms with Crippen LogP contribution >= 0.6 is 0 Å². The Bertz CT molecular complexity index is 1390. The van der Waals surface area contributed by atoms with Gasteiger partial charge in [0.2, 0.25) is 11.9 Å². The molecule has 11 heteroatoms. The number of alkyl halides is 2. The molecule has 1 atom stereocenters. The number of benzene rings is 2. The fourth-order valence-corrected chi connectivity index (χ4v) is 4.88. The SMILES string of the molecule is COc1ccc(CN(Cc2ccc(OC)cc2)c2nc(N3CCOCC3)nc3c([C@@H]4CC4(F)F)cnn23)cc1. The molecule has 2 aromatic carbocycles. The monoisotopic (exact) mass is 536 g/mol. The molecular formula is C28H30F2N6O3. The summed E-state index contributed by atoms with van der Waals surface area (Å²) in [5, 5.41) is 4.52. The van der Waals surface area contributed by atoms with Gasteiger partial charge in [-0.15, -0.1) is 0 Å². The second kappa shape index (κ2) is 10.3. The van der Waals surface area contributed by atoms with Gasteiger partial charge in [0.05, 0.1) is 39.5 Å². The van der Waals surface area contributed by atoms with E-state index in [1.54, 1.807) is 18.7 Å². The standard InChI is InChI=1S/C28H30F2N6O3/c1-37-21-7-3-19(4-8-21)17-35(18-20-5-9-22(38-2)10-6-20)27-33-26(34-11-13-39-14-12-34)32-25-23(16-31-36(25)27)24-15-28(24,29)30/h3-10,16,24H,11-15,17-18H2,1-2H3/t24-/m0/s1. The third-order valence-corrected chi connectivity index (χ3v) is 7.21. The Kier molecular flexibility index (Phi) is 6.68. The van der Waals surface area contributed by atoms with Crippen molar-refractivity contribution in [3.8, 4) is 11.5 Å². The highest BCUT2D eigenvalue weighted by atomic mass is 19.3. The van der Waals surface area contributed by atoms with Crippen LogP contribution < -0.4 is 19.3 Å². The Balaban J connectivity index is 1.45. The predicted molar refractivity (Wildman–Crippen MR) is 142 cm³/mol. The molecule has 4 aromatic rings. The second-order valence-electron chi connectivity index (χ2n) is 9.83. The van der Waals surface area contributed by atoms with Crippen molar-refractivity contribution in [3.05, 3.63) is 71.4 Å². The van der Waals surface area contributed by atoms with E-state index < -0.39 is 11.8 Å². The number of anilines is 2. The van der Waals surface area contributed by atoms with Crippen LogP contribution in [0.15, 0.2) is 54.7 Å².